The number of amides is 1. The smallest absolute Gasteiger partial charge is 0.348 e. The van der Waals surface area contributed by atoms with Crippen LogP contribution in [0.15, 0.2) is 18.3 Å². The molecule has 0 saturated carbocycles. The van der Waals surface area contributed by atoms with Gasteiger partial charge in [-0.25, -0.2) is 9.78 Å². The molecule has 1 saturated heterocycles. The summed E-state index contributed by atoms with van der Waals surface area (Å²) >= 11 is 4.51. The first kappa shape index (κ1) is 12.6. The minimum absolute atomic E-state index is 0.0621. The quantitative estimate of drug-likeness (QED) is 0.852. The minimum Gasteiger partial charge on any atom is -0.477 e. The van der Waals surface area contributed by atoms with Gasteiger partial charge in [-0.15, -0.1) is 11.3 Å². The van der Waals surface area contributed by atoms with Crippen molar-refractivity contribution in [2.75, 3.05) is 11.4 Å². The molecule has 2 aromatic rings. The first-order chi connectivity index (χ1) is 9.08. The third-order valence-electron chi connectivity index (χ3n) is 2.98. The number of carboxylic acids is 1. The van der Waals surface area contributed by atoms with Crippen LogP contribution in [0.5, 0.6) is 0 Å². The number of nitrogens with zero attached hydrogens (tertiary/aromatic N) is 2. The number of rotatable bonds is 2. The average Bonchev–Trinajstić information content (AvgIpc) is 2.89. The molecule has 1 unspecified atom stereocenters. The third-order valence-corrected chi connectivity index (χ3v) is 4.69. The average molecular weight is 341 g/mol. The zero-order chi connectivity index (χ0) is 13.6. The number of carboxylic acid groups (broad SMARTS) is 1. The maximum absolute atomic E-state index is 12.0. The molecule has 1 aliphatic heterocycles. The van der Waals surface area contributed by atoms with Crippen molar-refractivity contribution in [3.63, 3.8) is 0 Å². The van der Waals surface area contributed by atoms with Gasteiger partial charge in [0, 0.05) is 29.4 Å². The molecule has 3 rings (SSSR count). The molecule has 7 heteroatoms. The fourth-order valence-corrected chi connectivity index (χ4v) is 3.76. The predicted molar refractivity (Wildman–Crippen MR) is 76.3 cm³/mol. The highest BCUT2D eigenvalue weighted by Crippen LogP contribution is 2.39. The zero-order valence-corrected chi connectivity index (χ0v) is 12.1. The number of thiophene rings is 1. The Labute approximate surface area is 121 Å². The van der Waals surface area contributed by atoms with Crippen molar-refractivity contribution in [1.82, 2.24) is 4.98 Å². The van der Waals surface area contributed by atoms with E-state index in [1.165, 1.54) is 0 Å². The zero-order valence-electron chi connectivity index (χ0n) is 9.67. The highest BCUT2D eigenvalue weighted by Gasteiger charge is 2.34. The molecule has 2 aromatic heterocycles. The summed E-state index contributed by atoms with van der Waals surface area (Å²) in [4.78, 5) is 29.9. The van der Waals surface area contributed by atoms with Crippen molar-refractivity contribution < 1.29 is 14.7 Å². The van der Waals surface area contributed by atoms with Gasteiger partial charge in [0.05, 0.1) is 5.69 Å². The Hall–Kier alpha value is -1.47. The van der Waals surface area contributed by atoms with E-state index in [1.54, 1.807) is 23.2 Å². The van der Waals surface area contributed by atoms with Crippen molar-refractivity contribution in [3.05, 3.63) is 23.2 Å². The van der Waals surface area contributed by atoms with E-state index in [9.17, 15) is 14.7 Å². The summed E-state index contributed by atoms with van der Waals surface area (Å²) in [5.41, 5.74) is 0.479. The fraction of sp³-hybridized carbons (Fsp3) is 0.250. The van der Waals surface area contributed by atoms with Crippen LogP contribution in [0.2, 0.25) is 0 Å². The Morgan fingerprint density at radius 1 is 1.58 bits per heavy atom. The second-order valence-electron chi connectivity index (χ2n) is 4.25. The van der Waals surface area contributed by atoms with Gasteiger partial charge in [0.2, 0.25) is 5.91 Å². The van der Waals surface area contributed by atoms with Crippen LogP contribution in [0.3, 0.4) is 0 Å². The molecular formula is C12H9BrN2O3S. The Morgan fingerprint density at radius 2 is 2.37 bits per heavy atom. The van der Waals surface area contributed by atoms with Crippen LogP contribution in [-0.2, 0) is 4.79 Å². The van der Waals surface area contributed by atoms with Crippen LogP contribution in [0.1, 0.15) is 16.1 Å². The normalized spacial score (nSPS) is 19.3. The number of alkyl halides is 1. The second kappa shape index (κ2) is 4.57. The van der Waals surface area contributed by atoms with Crippen LogP contribution < -0.4 is 4.90 Å². The molecule has 1 atom stereocenters. The van der Waals surface area contributed by atoms with Crippen LogP contribution in [0, 0.1) is 0 Å². The molecule has 0 spiro atoms. The number of fused-ring (bicyclic) bond motifs is 1. The van der Waals surface area contributed by atoms with Gasteiger partial charge in [0.25, 0.3) is 0 Å². The monoisotopic (exact) mass is 340 g/mol. The Balaban J connectivity index is 2.23. The first-order valence-corrected chi connectivity index (χ1v) is 7.36. The van der Waals surface area contributed by atoms with Crippen LogP contribution >= 0.6 is 27.3 Å². The van der Waals surface area contributed by atoms with Gasteiger partial charge in [0.15, 0.2) is 0 Å². The summed E-state index contributed by atoms with van der Waals surface area (Å²) in [5, 5.41) is 10.0. The van der Waals surface area contributed by atoms with E-state index < -0.39 is 5.97 Å². The van der Waals surface area contributed by atoms with Gasteiger partial charge in [-0.3, -0.25) is 4.79 Å². The summed E-state index contributed by atoms with van der Waals surface area (Å²) < 4.78 is 0. The summed E-state index contributed by atoms with van der Waals surface area (Å²) in [5.74, 6) is -1.09. The summed E-state index contributed by atoms with van der Waals surface area (Å²) in [6.07, 6.45) is 2.00. The molecule has 1 N–H and O–H groups in total. The Bertz CT molecular complexity index is 685. The van der Waals surface area contributed by atoms with Crippen molar-refractivity contribution in [3.8, 4) is 0 Å². The lowest BCUT2D eigenvalue weighted by Gasteiger charge is -2.16. The highest BCUT2D eigenvalue weighted by molar-refractivity contribution is 9.09. The Morgan fingerprint density at radius 3 is 3.00 bits per heavy atom. The standard InChI is InChI=1S/C12H9BrN2O3S/c13-6-4-8(16)15(5-6)9-7-2-1-3-14-11(7)19-10(9)12(17)18/h1-3,6H,4-5H2,(H,17,18). The molecule has 98 valence electrons. The summed E-state index contributed by atoms with van der Waals surface area (Å²) in [7, 11) is 0. The van der Waals surface area contributed by atoms with E-state index in [0.29, 0.717) is 23.5 Å². The van der Waals surface area contributed by atoms with Gasteiger partial charge in [0.1, 0.15) is 9.71 Å². The lowest BCUT2D eigenvalue weighted by molar-refractivity contribution is -0.117. The number of hydrogen-bond acceptors (Lipinski definition) is 4. The molecule has 0 bridgehead atoms. The number of anilines is 1. The number of carbonyl (C=O) groups excluding carboxylic acids is 1. The van der Waals surface area contributed by atoms with E-state index in [-0.39, 0.29) is 15.6 Å². The van der Waals surface area contributed by atoms with E-state index in [2.05, 4.69) is 20.9 Å². The van der Waals surface area contributed by atoms with Crippen molar-refractivity contribution >= 4 is 55.0 Å². The fourth-order valence-electron chi connectivity index (χ4n) is 2.21. The number of aromatic nitrogens is 1. The number of hydrogen-bond donors (Lipinski definition) is 1. The van der Waals surface area contributed by atoms with Crippen molar-refractivity contribution in [1.29, 1.82) is 0 Å². The molecule has 5 nitrogen and oxygen atoms in total. The molecule has 0 radical (unpaired) electrons. The van der Waals surface area contributed by atoms with E-state index >= 15 is 0 Å². The largest absolute Gasteiger partial charge is 0.477 e. The third kappa shape index (κ3) is 2.02. The minimum atomic E-state index is -1.02. The molecule has 3 heterocycles. The molecule has 1 amide bonds. The van der Waals surface area contributed by atoms with Crippen molar-refractivity contribution in [2.45, 2.75) is 11.2 Å². The Kier molecular flexibility index (Phi) is 3.02. The molecule has 1 fully saturated rings. The number of carbonyl (C=O) groups is 2. The maximum atomic E-state index is 12.0. The van der Waals surface area contributed by atoms with Crippen LogP contribution in [-0.4, -0.2) is 33.3 Å². The number of pyridine rings is 1. The summed E-state index contributed by atoms with van der Waals surface area (Å²) in [6.45, 7) is 0.486. The van der Waals surface area contributed by atoms with Gasteiger partial charge in [-0.05, 0) is 12.1 Å². The van der Waals surface area contributed by atoms with Gasteiger partial charge in [-0.1, -0.05) is 15.9 Å². The van der Waals surface area contributed by atoms with Crippen molar-refractivity contribution in [2.24, 2.45) is 0 Å². The van der Waals surface area contributed by atoms with E-state index in [1.807, 2.05) is 0 Å². The molecule has 19 heavy (non-hydrogen) atoms. The van der Waals surface area contributed by atoms with Crippen LogP contribution in [0.25, 0.3) is 10.2 Å². The van der Waals surface area contributed by atoms with Gasteiger partial charge >= 0.3 is 5.97 Å². The summed E-state index contributed by atoms with van der Waals surface area (Å²) in [6, 6.07) is 3.55. The molecular weight excluding hydrogens is 332 g/mol. The lowest BCUT2D eigenvalue weighted by Crippen LogP contribution is -2.25. The second-order valence-corrected chi connectivity index (χ2v) is 6.54. The SMILES string of the molecule is O=C(O)c1sc2ncccc2c1N1CC(Br)CC1=O. The van der Waals surface area contributed by atoms with E-state index in [0.717, 1.165) is 16.7 Å². The maximum Gasteiger partial charge on any atom is 0.348 e. The van der Waals surface area contributed by atoms with Gasteiger partial charge in [-0.2, -0.15) is 0 Å². The molecule has 1 aliphatic rings. The topological polar surface area (TPSA) is 70.5 Å². The lowest BCUT2D eigenvalue weighted by atomic mass is 10.2. The van der Waals surface area contributed by atoms with E-state index in [4.69, 9.17) is 0 Å². The molecule has 0 aliphatic carbocycles. The van der Waals surface area contributed by atoms with Gasteiger partial charge < -0.3 is 10.0 Å². The highest BCUT2D eigenvalue weighted by atomic mass is 79.9. The van der Waals surface area contributed by atoms with Crippen LogP contribution in [0.4, 0.5) is 5.69 Å². The number of halogens is 1. The number of aromatic carboxylic acids is 1. The predicted octanol–water partition coefficient (Wildman–Crippen LogP) is 2.49. The molecule has 0 aromatic carbocycles. The first-order valence-electron chi connectivity index (χ1n) is 5.63.